The second kappa shape index (κ2) is 5.99. The molecule has 1 unspecified atom stereocenters. The molecule has 0 aliphatic carbocycles. The summed E-state index contributed by atoms with van der Waals surface area (Å²) in [7, 11) is 0. The molecule has 1 N–H and O–H groups in total. The predicted molar refractivity (Wildman–Crippen MR) is 75.9 cm³/mol. The zero-order valence-electron chi connectivity index (χ0n) is 10.6. The molecule has 19 heavy (non-hydrogen) atoms. The van der Waals surface area contributed by atoms with Crippen molar-refractivity contribution in [2.75, 3.05) is 6.54 Å². The van der Waals surface area contributed by atoms with Gasteiger partial charge in [0.2, 0.25) is 0 Å². The van der Waals surface area contributed by atoms with Crippen LogP contribution in [-0.2, 0) is 0 Å². The van der Waals surface area contributed by atoms with Gasteiger partial charge in [-0.3, -0.25) is 0 Å². The lowest BCUT2D eigenvalue weighted by atomic mass is 10.0. The number of thiophene rings is 1. The minimum atomic E-state index is -0.562. The summed E-state index contributed by atoms with van der Waals surface area (Å²) in [6, 6.07) is 3.32. The Balaban J connectivity index is 2.55. The molecule has 5 heteroatoms. The maximum Gasteiger partial charge on any atom is 0.131 e. The van der Waals surface area contributed by atoms with Crippen molar-refractivity contribution >= 4 is 22.9 Å². The lowest BCUT2D eigenvalue weighted by molar-refractivity contribution is 0.513. The number of rotatable bonds is 4. The average molecular weight is 302 g/mol. The molecule has 0 saturated carbocycles. The van der Waals surface area contributed by atoms with Crippen LogP contribution in [0, 0.1) is 18.6 Å². The van der Waals surface area contributed by atoms with Crippen LogP contribution in [0.15, 0.2) is 23.6 Å². The first-order valence-electron chi connectivity index (χ1n) is 5.97. The van der Waals surface area contributed by atoms with Crippen molar-refractivity contribution in [2.24, 2.45) is 0 Å². The average Bonchev–Trinajstić information content (AvgIpc) is 2.69. The van der Waals surface area contributed by atoms with Gasteiger partial charge in [0.05, 0.1) is 11.1 Å². The molecular weight excluding hydrogens is 288 g/mol. The van der Waals surface area contributed by atoms with Crippen molar-refractivity contribution in [2.45, 2.75) is 19.9 Å². The normalized spacial score (nSPS) is 12.7. The lowest BCUT2D eigenvalue weighted by Crippen LogP contribution is -2.23. The fourth-order valence-electron chi connectivity index (χ4n) is 1.96. The quantitative estimate of drug-likeness (QED) is 0.864. The van der Waals surface area contributed by atoms with E-state index in [1.54, 1.807) is 0 Å². The molecule has 0 aliphatic heterocycles. The van der Waals surface area contributed by atoms with E-state index in [4.69, 9.17) is 11.6 Å². The summed E-state index contributed by atoms with van der Waals surface area (Å²) in [6.07, 6.45) is 0. The van der Waals surface area contributed by atoms with Gasteiger partial charge in [-0.1, -0.05) is 24.6 Å². The van der Waals surface area contributed by atoms with Crippen molar-refractivity contribution in [3.63, 3.8) is 0 Å². The standard InChI is InChI=1S/C14H14ClF2NS/c1-3-18-13(14-12(15)8(2)7-19-14)11-9(16)5-4-6-10(11)17/h4-7,13,18H,3H2,1-2H3. The van der Waals surface area contributed by atoms with Crippen LogP contribution in [0.4, 0.5) is 8.78 Å². The van der Waals surface area contributed by atoms with Gasteiger partial charge in [0.15, 0.2) is 0 Å². The first kappa shape index (κ1) is 14.4. The maximum absolute atomic E-state index is 13.9. The van der Waals surface area contributed by atoms with Gasteiger partial charge in [0.1, 0.15) is 11.6 Å². The summed E-state index contributed by atoms with van der Waals surface area (Å²) >= 11 is 7.63. The van der Waals surface area contributed by atoms with Crippen molar-refractivity contribution < 1.29 is 8.78 Å². The molecule has 2 aromatic rings. The predicted octanol–water partition coefficient (Wildman–Crippen LogP) is 4.69. The number of benzene rings is 1. The molecule has 1 nitrogen and oxygen atoms in total. The molecule has 0 saturated heterocycles. The fraction of sp³-hybridized carbons (Fsp3) is 0.286. The Labute approximate surface area is 120 Å². The Morgan fingerprint density at radius 2 is 1.95 bits per heavy atom. The number of aryl methyl sites for hydroxylation is 1. The van der Waals surface area contributed by atoms with E-state index < -0.39 is 17.7 Å². The van der Waals surface area contributed by atoms with E-state index in [1.807, 2.05) is 19.2 Å². The van der Waals surface area contributed by atoms with Gasteiger partial charge in [-0.05, 0) is 36.5 Å². The first-order chi connectivity index (χ1) is 9.06. The molecule has 102 valence electrons. The summed E-state index contributed by atoms with van der Waals surface area (Å²) in [6.45, 7) is 4.36. The van der Waals surface area contributed by atoms with Crippen LogP contribution in [0.2, 0.25) is 5.02 Å². The largest absolute Gasteiger partial charge is 0.306 e. The minimum Gasteiger partial charge on any atom is -0.306 e. The van der Waals surface area contributed by atoms with Gasteiger partial charge in [-0.25, -0.2) is 8.78 Å². The molecule has 0 fully saturated rings. The minimum absolute atomic E-state index is 0.0214. The van der Waals surface area contributed by atoms with Gasteiger partial charge in [0, 0.05) is 10.4 Å². The second-order valence-corrected chi connectivity index (χ2v) is 5.51. The monoisotopic (exact) mass is 301 g/mol. The van der Waals surface area contributed by atoms with Crippen molar-refractivity contribution in [3.05, 3.63) is 56.2 Å². The van der Waals surface area contributed by atoms with Crippen LogP contribution in [-0.4, -0.2) is 6.54 Å². The molecule has 1 atom stereocenters. The Morgan fingerprint density at radius 3 is 2.42 bits per heavy atom. The van der Waals surface area contributed by atoms with E-state index in [0.717, 1.165) is 10.4 Å². The van der Waals surface area contributed by atoms with Crippen LogP contribution >= 0.6 is 22.9 Å². The molecule has 0 amide bonds. The van der Waals surface area contributed by atoms with Crippen LogP contribution < -0.4 is 5.32 Å². The molecule has 0 spiro atoms. The van der Waals surface area contributed by atoms with Gasteiger partial charge in [-0.2, -0.15) is 0 Å². The Bertz CT molecular complexity index is 563. The van der Waals surface area contributed by atoms with Gasteiger partial charge in [0.25, 0.3) is 0 Å². The third-order valence-corrected chi connectivity index (χ3v) is 4.66. The molecule has 1 heterocycles. The first-order valence-corrected chi connectivity index (χ1v) is 7.22. The molecule has 0 radical (unpaired) electrons. The van der Waals surface area contributed by atoms with E-state index in [-0.39, 0.29) is 5.56 Å². The highest BCUT2D eigenvalue weighted by Crippen LogP contribution is 2.37. The van der Waals surface area contributed by atoms with E-state index in [2.05, 4.69) is 5.32 Å². The lowest BCUT2D eigenvalue weighted by Gasteiger charge is -2.19. The summed E-state index contributed by atoms with van der Waals surface area (Å²) < 4.78 is 27.9. The highest BCUT2D eigenvalue weighted by Gasteiger charge is 2.24. The third-order valence-electron chi connectivity index (χ3n) is 2.88. The highest BCUT2D eigenvalue weighted by molar-refractivity contribution is 7.10. The topological polar surface area (TPSA) is 12.0 Å². The van der Waals surface area contributed by atoms with E-state index in [1.165, 1.54) is 29.5 Å². The number of nitrogens with one attached hydrogen (secondary N) is 1. The summed E-state index contributed by atoms with van der Waals surface area (Å²) in [5, 5.41) is 5.55. The molecular formula is C14H14ClF2NS. The zero-order valence-corrected chi connectivity index (χ0v) is 12.2. The number of hydrogen-bond donors (Lipinski definition) is 1. The molecule has 0 bridgehead atoms. The van der Waals surface area contributed by atoms with Crippen molar-refractivity contribution in [1.82, 2.24) is 5.32 Å². The van der Waals surface area contributed by atoms with Crippen molar-refractivity contribution in [3.8, 4) is 0 Å². The highest BCUT2D eigenvalue weighted by atomic mass is 35.5. The maximum atomic E-state index is 13.9. The Hall–Kier alpha value is -0.970. The zero-order chi connectivity index (χ0) is 14.0. The van der Waals surface area contributed by atoms with E-state index in [9.17, 15) is 8.78 Å². The fourth-order valence-corrected chi connectivity index (χ4v) is 3.35. The molecule has 1 aromatic heterocycles. The van der Waals surface area contributed by atoms with Gasteiger partial charge < -0.3 is 5.32 Å². The van der Waals surface area contributed by atoms with Gasteiger partial charge >= 0.3 is 0 Å². The number of halogens is 3. The summed E-state index contributed by atoms with van der Waals surface area (Å²) in [4.78, 5) is 0.741. The van der Waals surface area contributed by atoms with Gasteiger partial charge in [-0.15, -0.1) is 11.3 Å². The van der Waals surface area contributed by atoms with Crippen molar-refractivity contribution in [1.29, 1.82) is 0 Å². The Morgan fingerprint density at radius 1 is 1.32 bits per heavy atom. The molecule has 1 aromatic carbocycles. The summed E-state index contributed by atoms with van der Waals surface area (Å²) in [5.74, 6) is -1.12. The smallest absolute Gasteiger partial charge is 0.131 e. The van der Waals surface area contributed by atoms with Crippen LogP contribution in [0.5, 0.6) is 0 Å². The second-order valence-electron chi connectivity index (χ2n) is 4.22. The van der Waals surface area contributed by atoms with E-state index in [0.29, 0.717) is 11.6 Å². The molecule has 2 rings (SSSR count). The SMILES string of the molecule is CCNC(c1scc(C)c1Cl)c1c(F)cccc1F. The Kier molecular flexibility index (Phi) is 4.55. The third kappa shape index (κ3) is 2.81. The summed E-state index contributed by atoms with van der Waals surface area (Å²) in [5.41, 5.74) is 0.939. The van der Waals surface area contributed by atoms with Crippen LogP contribution in [0.3, 0.4) is 0 Å². The van der Waals surface area contributed by atoms with Crippen LogP contribution in [0.1, 0.15) is 29.0 Å². The van der Waals surface area contributed by atoms with Crippen LogP contribution in [0.25, 0.3) is 0 Å². The number of hydrogen-bond acceptors (Lipinski definition) is 2. The molecule has 0 aliphatic rings. The van der Waals surface area contributed by atoms with E-state index >= 15 is 0 Å².